The number of ether oxygens (including phenoxy) is 2. The lowest BCUT2D eigenvalue weighted by atomic mass is 9.83. The second kappa shape index (κ2) is 10.1. The Bertz CT molecular complexity index is 795. The molecule has 1 aromatic rings. The lowest BCUT2D eigenvalue weighted by Crippen LogP contribution is -2.51. The van der Waals surface area contributed by atoms with E-state index in [-0.39, 0.29) is 19.3 Å². The first-order valence-electron chi connectivity index (χ1n) is 10.4. The Balaban J connectivity index is 1.62. The molecule has 1 aliphatic carbocycles. The zero-order chi connectivity index (χ0) is 21.7. The molecule has 0 aromatic heterocycles. The van der Waals surface area contributed by atoms with Crippen molar-refractivity contribution in [3.63, 3.8) is 0 Å². The smallest absolute Gasteiger partial charge is 0.410 e. The summed E-state index contributed by atoms with van der Waals surface area (Å²) in [6.45, 7) is -0.0742. The molecule has 9 heteroatoms. The van der Waals surface area contributed by atoms with Crippen molar-refractivity contribution in [2.45, 2.75) is 62.3 Å². The number of aliphatic hydroxyl groups excluding tert-OH is 1. The van der Waals surface area contributed by atoms with Crippen LogP contribution in [-0.4, -0.2) is 75.3 Å². The van der Waals surface area contributed by atoms with Gasteiger partial charge in [0.25, 0.3) is 0 Å². The minimum atomic E-state index is -3.48. The van der Waals surface area contributed by atoms with E-state index in [9.17, 15) is 18.3 Å². The van der Waals surface area contributed by atoms with Crippen LogP contribution in [0.15, 0.2) is 30.3 Å². The van der Waals surface area contributed by atoms with Gasteiger partial charge in [-0.15, -0.1) is 0 Å². The van der Waals surface area contributed by atoms with Crippen LogP contribution in [0.25, 0.3) is 0 Å². The number of carbonyl (C=O) groups is 1. The van der Waals surface area contributed by atoms with Crippen molar-refractivity contribution in [3.8, 4) is 0 Å². The van der Waals surface area contributed by atoms with E-state index in [1.807, 2.05) is 6.07 Å². The van der Waals surface area contributed by atoms with Gasteiger partial charge < -0.3 is 14.6 Å². The standard InChI is InChI=1S/C21H32N2O6S/c1-28-21(25)23-17(13-24)12-19(22-30(2,26)27)20(23)14-29-18-10-8-16(9-11-18)15-6-4-3-5-7-15/h3-7,16-20,22,24H,8-14H2,1-2H3. The van der Waals surface area contributed by atoms with Gasteiger partial charge in [-0.2, -0.15) is 0 Å². The van der Waals surface area contributed by atoms with E-state index in [0.717, 1.165) is 31.9 Å². The number of carbonyl (C=O) groups excluding carboxylic acids is 1. The van der Waals surface area contributed by atoms with Gasteiger partial charge in [0.1, 0.15) is 0 Å². The summed E-state index contributed by atoms with van der Waals surface area (Å²) >= 11 is 0. The molecule has 1 aliphatic heterocycles. The number of methoxy groups -OCH3 is 1. The molecule has 168 valence electrons. The third-order valence-electron chi connectivity index (χ3n) is 6.15. The lowest BCUT2D eigenvalue weighted by molar-refractivity contribution is -0.0118. The number of rotatable bonds is 7. The number of hydrogen-bond donors (Lipinski definition) is 2. The first-order valence-corrected chi connectivity index (χ1v) is 12.3. The molecule has 30 heavy (non-hydrogen) atoms. The second-order valence-electron chi connectivity index (χ2n) is 8.23. The van der Waals surface area contributed by atoms with Crippen LogP contribution in [0.5, 0.6) is 0 Å². The molecule has 1 amide bonds. The Morgan fingerprint density at radius 3 is 2.43 bits per heavy atom. The van der Waals surface area contributed by atoms with Crippen molar-refractivity contribution < 1.29 is 27.8 Å². The van der Waals surface area contributed by atoms with Gasteiger partial charge in [-0.25, -0.2) is 17.9 Å². The number of aliphatic hydroxyl groups is 1. The molecule has 0 spiro atoms. The van der Waals surface area contributed by atoms with E-state index < -0.39 is 34.2 Å². The lowest BCUT2D eigenvalue weighted by Gasteiger charge is -2.33. The highest BCUT2D eigenvalue weighted by Gasteiger charge is 2.45. The summed E-state index contributed by atoms with van der Waals surface area (Å²) in [7, 11) is -2.20. The fourth-order valence-electron chi connectivity index (χ4n) is 4.70. The Morgan fingerprint density at radius 2 is 1.87 bits per heavy atom. The van der Waals surface area contributed by atoms with Crippen LogP contribution in [0.4, 0.5) is 4.79 Å². The molecule has 1 aromatic carbocycles. The molecular weight excluding hydrogens is 408 g/mol. The quantitative estimate of drug-likeness (QED) is 0.670. The van der Waals surface area contributed by atoms with Crippen molar-refractivity contribution in [2.75, 3.05) is 26.6 Å². The van der Waals surface area contributed by atoms with E-state index in [4.69, 9.17) is 9.47 Å². The minimum Gasteiger partial charge on any atom is -0.453 e. The molecule has 8 nitrogen and oxygen atoms in total. The first kappa shape index (κ1) is 23.0. The van der Waals surface area contributed by atoms with Crippen LogP contribution in [0.1, 0.15) is 43.6 Å². The molecule has 3 unspecified atom stereocenters. The SMILES string of the molecule is COC(=O)N1C(CO)CC(NS(C)(=O)=O)C1COC1CCC(c2ccccc2)CC1. The van der Waals surface area contributed by atoms with Gasteiger partial charge in [0.05, 0.1) is 44.8 Å². The van der Waals surface area contributed by atoms with Gasteiger partial charge in [0.2, 0.25) is 10.0 Å². The highest BCUT2D eigenvalue weighted by molar-refractivity contribution is 7.88. The van der Waals surface area contributed by atoms with Crippen molar-refractivity contribution in [2.24, 2.45) is 0 Å². The molecular formula is C21H32N2O6S. The van der Waals surface area contributed by atoms with Crippen molar-refractivity contribution >= 4 is 16.1 Å². The third kappa shape index (κ3) is 5.72. The fraction of sp³-hybridized carbons (Fsp3) is 0.667. The minimum absolute atomic E-state index is 0.0662. The zero-order valence-corrected chi connectivity index (χ0v) is 18.4. The summed E-state index contributed by atoms with van der Waals surface area (Å²) in [5, 5.41) is 9.70. The predicted molar refractivity (Wildman–Crippen MR) is 113 cm³/mol. The molecule has 2 aliphatic rings. The van der Waals surface area contributed by atoms with Gasteiger partial charge in [-0.3, -0.25) is 4.90 Å². The van der Waals surface area contributed by atoms with E-state index in [2.05, 4.69) is 29.0 Å². The maximum absolute atomic E-state index is 12.3. The Hall–Kier alpha value is -1.68. The van der Waals surface area contributed by atoms with Gasteiger partial charge in [-0.1, -0.05) is 30.3 Å². The predicted octanol–water partition coefficient (Wildman–Crippen LogP) is 1.85. The maximum Gasteiger partial charge on any atom is 0.410 e. The summed E-state index contributed by atoms with van der Waals surface area (Å²) in [6.07, 6.45) is 4.77. The number of hydrogen-bond acceptors (Lipinski definition) is 6. The molecule has 1 saturated heterocycles. The average Bonchev–Trinajstić information content (AvgIpc) is 3.08. The number of amides is 1. The van der Waals surface area contributed by atoms with Crippen LogP contribution < -0.4 is 4.72 Å². The van der Waals surface area contributed by atoms with Gasteiger partial charge in [-0.05, 0) is 43.6 Å². The normalized spacial score (nSPS) is 29.7. The van der Waals surface area contributed by atoms with Crippen molar-refractivity contribution in [3.05, 3.63) is 35.9 Å². The molecule has 2 N–H and O–H groups in total. The van der Waals surface area contributed by atoms with Crippen molar-refractivity contribution in [1.82, 2.24) is 9.62 Å². The number of nitrogens with one attached hydrogen (secondary N) is 1. The summed E-state index contributed by atoms with van der Waals surface area (Å²) in [5.74, 6) is 0.530. The zero-order valence-electron chi connectivity index (χ0n) is 17.6. The molecule has 1 saturated carbocycles. The summed E-state index contributed by atoms with van der Waals surface area (Å²) in [6, 6.07) is 8.89. The molecule has 0 bridgehead atoms. The largest absolute Gasteiger partial charge is 0.453 e. The summed E-state index contributed by atoms with van der Waals surface area (Å²) in [4.78, 5) is 13.7. The molecule has 3 atom stereocenters. The highest BCUT2D eigenvalue weighted by Crippen LogP contribution is 2.34. The summed E-state index contributed by atoms with van der Waals surface area (Å²) in [5.41, 5.74) is 1.35. The first-order chi connectivity index (χ1) is 14.3. The van der Waals surface area contributed by atoms with E-state index in [1.165, 1.54) is 17.6 Å². The molecule has 1 heterocycles. The van der Waals surface area contributed by atoms with Crippen LogP contribution in [0.3, 0.4) is 0 Å². The van der Waals surface area contributed by atoms with Crippen LogP contribution in [0, 0.1) is 0 Å². The van der Waals surface area contributed by atoms with E-state index in [1.54, 1.807) is 0 Å². The van der Waals surface area contributed by atoms with E-state index in [0.29, 0.717) is 12.3 Å². The number of benzene rings is 1. The number of likely N-dealkylation sites (tertiary alicyclic amines) is 1. The van der Waals surface area contributed by atoms with Crippen molar-refractivity contribution in [1.29, 1.82) is 0 Å². The van der Waals surface area contributed by atoms with Gasteiger partial charge >= 0.3 is 6.09 Å². The average molecular weight is 441 g/mol. The Labute approximate surface area is 178 Å². The second-order valence-corrected chi connectivity index (χ2v) is 10.0. The molecule has 3 rings (SSSR count). The highest BCUT2D eigenvalue weighted by atomic mass is 32.2. The van der Waals surface area contributed by atoms with E-state index >= 15 is 0 Å². The monoisotopic (exact) mass is 440 g/mol. The topological polar surface area (TPSA) is 105 Å². The summed E-state index contributed by atoms with van der Waals surface area (Å²) < 4.78 is 37.2. The maximum atomic E-state index is 12.3. The number of sulfonamides is 1. The molecule has 2 fully saturated rings. The van der Waals surface area contributed by atoms with Gasteiger partial charge in [0, 0.05) is 6.04 Å². The van der Waals surface area contributed by atoms with Crippen LogP contribution >= 0.6 is 0 Å². The molecule has 0 radical (unpaired) electrons. The van der Waals surface area contributed by atoms with Crippen LogP contribution in [-0.2, 0) is 19.5 Å². The number of nitrogens with zero attached hydrogens (tertiary/aromatic N) is 1. The Kier molecular flexibility index (Phi) is 7.73. The van der Waals surface area contributed by atoms with Crippen LogP contribution in [0.2, 0.25) is 0 Å². The van der Waals surface area contributed by atoms with Gasteiger partial charge in [0.15, 0.2) is 0 Å². The third-order valence-corrected chi connectivity index (χ3v) is 6.88. The fourth-order valence-corrected chi connectivity index (χ4v) is 5.50. The Morgan fingerprint density at radius 1 is 1.20 bits per heavy atom.